The van der Waals surface area contributed by atoms with Crippen molar-refractivity contribution in [2.45, 2.75) is 27.2 Å². The van der Waals surface area contributed by atoms with Crippen LogP contribution >= 0.6 is 15.9 Å². The van der Waals surface area contributed by atoms with Gasteiger partial charge in [-0.1, -0.05) is 32.9 Å². The molecule has 1 aromatic carbocycles. The molecule has 0 bridgehead atoms. The summed E-state index contributed by atoms with van der Waals surface area (Å²) in [5.74, 6) is 1.000. The highest BCUT2D eigenvalue weighted by Gasteiger charge is 2.09. The fourth-order valence-electron chi connectivity index (χ4n) is 1.77. The zero-order chi connectivity index (χ0) is 12.8. The summed E-state index contributed by atoms with van der Waals surface area (Å²) >= 11 is 3.30. The van der Waals surface area contributed by atoms with Gasteiger partial charge in [0.15, 0.2) is 0 Å². The molecule has 1 atom stereocenters. The average Bonchev–Trinajstić information content (AvgIpc) is 2.24. The lowest BCUT2D eigenvalue weighted by molar-refractivity contribution is 0.472. The molecule has 3 heteroatoms. The van der Waals surface area contributed by atoms with Crippen molar-refractivity contribution in [1.29, 1.82) is 0 Å². The van der Waals surface area contributed by atoms with Crippen molar-refractivity contribution in [2.75, 3.05) is 13.1 Å². The van der Waals surface area contributed by atoms with Crippen LogP contribution < -0.4 is 5.32 Å². The van der Waals surface area contributed by atoms with Crippen LogP contribution in [0.1, 0.15) is 26.3 Å². The lowest BCUT2D eigenvalue weighted by atomic mass is 10.0. The van der Waals surface area contributed by atoms with Crippen molar-refractivity contribution < 1.29 is 4.39 Å². The third-order valence-electron chi connectivity index (χ3n) is 2.65. The Hall–Kier alpha value is -0.410. The van der Waals surface area contributed by atoms with E-state index in [1.54, 1.807) is 6.07 Å². The Balaban J connectivity index is 2.45. The molecular formula is C14H21BrFN. The van der Waals surface area contributed by atoms with Crippen molar-refractivity contribution >= 4 is 15.9 Å². The van der Waals surface area contributed by atoms with E-state index in [0.717, 1.165) is 25.1 Å². The first-order valence-electron chi connectivity index (χ1n) is 6.14. The van der Waals surface area contributed by atoms with Gasteiger partial charge in [-0.25, -0.2) is 4.39 Å². The molecule has 0 spiro atoms. The van der Waals surface area contributed by atoms with Gasteiger partial charge in [-0.2, -0.15) is 0 Å². The predicted molar refractivity (Wildman–Crippen MR) is 74.7 cm³/mol. The maximum absolute atomic E-state index is 13.3. The van der Waals surface area contributed by atoms with Gasteiger partial charge in [0.1, 0.15) is 5.82 Å². The van der Waals surface area contributed by atoms with E-state index in [4.69, 9.17) is 0 Å². The predicted octanol–water partition coefficient (Wildman–Crippen LogP) is 4.01. The maximum atomic E-state index is 13.3. The van der Waals surface area contributed by atoms with Gasteiger partial charge < -0.3 is 5.32 Å². The Morgan fingerprint density at radius 2 is 1.94 bits per heavy atom. The Morgan fingerprint density at radius 1 is 1.24 bits per heavy atom. The lowest BCUT2D eigenvalue weighted by Crippen LogP contribution is -2.26. The molecular weight excluding hydrogens is 281 g/mol. The van der Waals surface area contributed by atoms with Crippen LogP contribution in [0.3, 0.4) is 0 Å². The summed E-state index contributed by atoms with van der Waals surface area (Å²) < 4.78 is 13.9. The first-order chi connectivity index (χ1) is 8.00. The fraction of sp³-hybridized carbons (Fsp3) is 0.571. The zero-order valence-corrected chi connectivity index (χ0v) is 12.3. The quantitative estimate of drug-likeness (QED) is 0.837. The second kappa shape index (κ2) is 7.12. The molecule has 0 fully saturated rings. The van der Waals surface area contributed by atoms with Crippen molar-refractivity contribution in [3.05, 3.63) is 34.1 Å². The van der Waals surface area contributed by atoms with Gasteiger partial charge in [-0.3, -0.25) is 0 Å². The molecule has 0 saturated carbocycles. The maximum Gasteiger partial charge on any atom is 0.137 e. The molecule has 1 nitrogen and oxygen atoms in total. The monoisotopic (exact) mass is 301 g/mol. The smallest absolute Gasteiger partial charge is 0.137 e. The molecule has 0 heterocycles. The number of halogens is 2. The molecule has 96 valence electrons. The summed E-state index contributed by atoms with van der Waals surface area (Å²) in [6.45, 7) is 8.59. The summed E-state index contributed by atoms with van der Waals surface area (Å²) in [5.41, 5.74) is 1.05. The summed E-state index contributed by atoms with van der Waals surface area (Å²) in [6.07, 6.45) is 0.892. The van der Waals surface area contributed by atoms with Gasteiger partial charge >= 0.3 is 0 Å². The Morgan fingerprint density at radius 3 is 2.59 bits per heavy atom. The summed E-state index contributed by atoms with van der Waals surface area (Å²) in [5, 5.41) is 3.43. The van der Waals surface area contributed by atoms with Crippen LogP contribution in [0.5, 0.6) is 0 Å². The fourth-order valence-corrected chi connectivity index (χ4v) is 2.20. The van der Waals surface area contributed by atoms with Crippen LogP contribution in [-0.2, 0) is 6.42 Å². The van der Waals surface area contributed by atoms with Crippen molar-refractivity contribution in [3.63, 3.8) is 0 Å². The Kier molecular flexibility index (Phi) is 6.14. The summed E-state index contributed by atoms with van der Waals surface area (Å²) in [6, 6.07) is 5.23. The van der Waals surface area contributed by atoms with Crippen LogP contribution in [0, 0.1) is 17.7 Å². The van der Waals surface area contributed by atoms with Crippen LogP contribution in [0.25, 0.3) is 0 Å². The van der Waals surface area contributed by atoms with Crippen LogP contribution in [0.15, 0.2) is 22.7 Å². The number of nitrogens with one attached hydrogen (secondary N) is 1. The van der Waals surface area contributed by atoms with Crippen LogP contribution in [0.4, 0.5) is 4.39 Å². The first kappa shape index (κ1) is 14.7. The normalized spacial score (nSPS) is 13.1. The van der Waals surface area contributed by atoms with Crippen LogP contribution in [0.2, 0.25) is 0 Å². The standard InChI is InChI=1S/C14H21BrFN/c1-10(2)8-17-9-11(3)7-12-5-4-6-13(16)14(12)15/h4-6,10-11,17H,7-9H2,1-3H3. The van der Waals surface area contributed by atoms with E-state index in [-0.39, 0.29) is 5.82 Å². The molecule has 0 aromatic heterocycles. The topological polar surface area (TPSA) is 12.0 Å². The molecule has 1 aromatic rings. The van der Waals surface area contributed by atoms with Crippen molar-refractivity contribution in [1.82, 2.24) is 5.32 Å². The van der Waals surface area contributed by atoms with Gasteiger partial charge in [0.25, 0.3) is 0 Å². The van der Waals surface area contributed by atoms with Crippen molar-refractivity contribution in [3.8, 4) is 0 Å². The van der Waals surface area contributed by atoms with Gasteiger partial charge in [0, 0.05) is 0 Å². The molecule has 0 saturated heterocycles. The molecule has 1 N–H and O–H groups in total. The summed E-state index contributed by atoms with van der Waals surface area (Å²) in [4.78, 5) is 0. The molecule has 17 heavy (non-hydrogen) atoms. The van der Waals surface area contributed by atoms with E-state index in [2.05, 4.69) is 42.0 Å². The van der Waals surface area contributed by atoms with E-state index in [1.807, 2.05) is 6.07 Å². The van der Waals surface area contributed by atoms with Crippen molar-refractivity contribution in [2.24, 2.45) is 11.8 Å². The lowest BCUT2D eigenvalue weighted by Gasteiger charge is -2.15. The third kappa shape index (κ3) is 5.17. The second-order valence-corrected chi connectivity index (χ2v) is 5.87. The minimum atomic E-state index is -0.176. The highest BCUT2D eigenvalue weighted by atomic mass is 79.9. The summed E-state index contributed by atoms with van der Waals surface area (Å²) in [7, 11) is 0. The molecule has 0 aliphatic carbocycles. The molecule has 0 radical (unpaired) electrons. The molecule has 1 rings (SSSR count). The third-order valence-corrected chi connectivity index (χ3v) is 3.53. The van der Waals surface area contributed by atoms with E-state index in [1.165, 1.54) is 6.07 Å². The highest BCUT2D eigenvalue weighted by molar-refractivity contribution is 9.10. The van der Waals surface area contributed by atoms with Gasteiger partial charge in [0.2, 0.25) is 0 Å². The SMILES string of the molecule is CC(C)CNCC(C)Cc1cccc(F)c1Br. The Bertz CT molecular complexity index is 352. The zero-order valence-electron chi connectivity index (χ0n) is 10.8. The molecule has 0 aliphatic heterocycles. The minimum absolute atomic E-state index is 0.176. The Labute approximate surface area is 112 Å². The molecule has 0 amide bonds. The van der Waals surface area contributed by atoms with E-state index in [9.17, 15) is 4.39 Å². The number of hydrogen-bond acceptors (Lipinski definition) is 1. The van der Waals surface area contributed by atoms with Crippen LogP contribution in [-0.4, -0.2) is 13.1 Å². The number of benzene rings is 1. The van der Waals surface area contributed by atoms with Gasteiger partial charge in [0.05, 0.1) is 4.47 Å². The molecule has 1 unspecified atom stereocenters. The highest BCUT2D eigenvalue weighted by Crippen LogP contribution is 2.22. The first-order valence-corrected chi connectivity index (χ1v) is 6.93. The number of rotatable bonds is 6. The molecule has 0 aliphatic rings. The van der Waals surface area contributed by atoms with E-state index >= 15 is 0 Å². The minimum Gasteiger partial charge on any atom is -0.316 e. The largest absolute Gasteiger partial charge is 0.316 e. The van der Waals surface area contributed by atoms with E-state index < -0.39 is 0 Å². The second-order valence-electron chi connectivity index (χ2n) is 5.07. The van der Waals surface area contributed by atoms with Gasteiger partial charge in [-0.15, -0.1) is 0 Å². The van der Waals surface area contributed by atoms with E-state index in [0.29, 0.717) is 16.3 Å². The van der Waals surface area contributed by atoms with Gasteiger partial charge in [-0.05, 0) is 58.9 Å². The average molecular weight is 302 g/mol. The number of hydrogen-bond donors (Lipinski definition) is 1.